The van der Waals surface area contributed by atoms with Gasteiger partial charge in [0.1, 0.15) is 17.5 Å². The van der Waals surface area contributed by atoms with Crippen LogP contribution in [-0.2, 0) is 20.5 Å². The molecule has 13 nitrogen and oxygen atoms in total. The molecule has 2 atom stereocenters. The van der Waals surface area contributed by atoms with Crippen molar-refractivity contribution in [3.63, 3.8) is 0 Å². The van der Waals surface area contributed by atoms with E-state index in [0.717, 1.165) is 82.5 Å². The Bertz CT molecular complexity index is 2370. The van der Waals surface area contributed by atoms with Gasteiger partial charge in [-0.25, -0.2) is 24.5 Å². The standard InChI is InChI=1S/C37H38ClN9O4/c1-20-22(7-6-10-25(20)42-31-29-32(41-19-40-31)45(2)36(50)46(3)34(29)48)23-8-5-9-24(30(23)38)26-17-21-11-12-27(28(21)33(43-26)51-4)47-16-14-37(18-47)13-15-39-35(49)44-37/h5-10,17,19,27H,11-16,18H2,1-4H3,(H2,39,44,49)(H,40,41,42). The summed E-state index contributed by atoms with van der Waals surface area (Å²) in [6, 6.07) is 14.0. The number of aryl methyl sites for hydroxylation is 2. The summed E-state index contributed by atoms with van der Waals surface area (Å²) in [6.45, 7) is 4.38. The van der Waals surface area contributed by atoms with E-state index >= 15 is 0 Å². The van der Waals surface area contributed by atoms with Crippen LogP contribution in [0.1, 0.15) is 42.0 Å². The third-order valence-electron chi connectivity index (χ3n) is 10.8. The van der Waals surface area contributed by atoms with Crippen LogP contribution in [0.15, 0.2) is 58.4 Å². The number of nitrogens with one attached hydrogen (secondary N) is 3. The number of nitrogens with zero attached hydrogens (tertiary/aromatic N) is 6. The number of carbonyl (C=O) groups is 1. The zero-order valence-corrected chi connectivity index (χ0v) is 29.6. The van der Waals surface area contributed by atoms with Gasteiger partial charge in [0, 0.05) is 62.1 Å². The number of rotatable bonds is 6. The van der Waals surface area contributed by atoms with Crippen LogP contribution in [0, 0.1) is 6.92 Å². The van der Waals surface area contributed by atoms with Gasteiger partial charge in [-0.15, -0.1) is 0 Å². The van der Waals surface area contributed by atoms with Crippen LogP contribution >= 0.6 is 11.6 Å². The van der Waals surface area contributed by atoms with Gasteiger partial charge in [0.15, 0.2) is 5.65 Å². The number of methoxy groups -OCH3 is 1. The van der Waals surface area contributed by atoms with Crippen molar-refractivity contribution < 1.29 is 9.53 Å². The molecular formula is C37H38ClN9O4. The minimum absolute atomic E-state index is 0.0864. The molecule has 2 unspecified atom stereocenters. The van der Waals surface area contributed by atoms with E-state index in [9.17, 15) is 14.4 Å². The lowest BCUT2D eigenvalue weighted by Crippen LogP contribution is -2.59. The average Bonchev–Trinajstić information content (AvgIpc) is 3.74. The Labute approximate surface area is 298 Å². The van der Waals surface area contributed by atoms with Gasteiger partial charge < -0.3 is 20.7 Å². The molecule has 1 spiro atoms. The first kappa shape index (κ1) is 32.9. The van der Waals surface area contributed by atoms with Crippen LogP contribution in [0.4, 0.5) is 16.3 Å². The first-order valence-corrected chi connectivity index (χ1v) is 17.4. The van der Waals surface area contributed by atoms with Crippen molar-refractivity contribution in [1.82, 2.24) is 39.6 Å². The van der Waals surface area contributed by atoms with E-state index in [0.29, 0.717) is 23.3 Å². The highest BCUT2D eigenvalue weighted by molar-refractivity contribution is 6.36. The molecule has 2 fully saturated rings. The van der Waals surface area contributed by atoms with Crippen molar-refractivity contribution in [3.8, 4) is 28.3 Å². The summed E-state index contributed by atoms with van der Waals surface area (Å²) in [5, 5.41) is 10.2. The van der Waals surface area contributed by atoms with Crippen molar-refractivity contribution in [2.75, 3.05) is 32.1 Å². The SMILES string of the molecule is COc1nc(-c2cccc(-c3cccc(Nc4ncnc5c4c(=O)n(C)c(=O)n5C)c3C)c2Cl)cc2c1C(N1CCC3(CCNC(=O)N3)C1)CC2. The summed E-state index contributed by atoms with van der Waals surface area (Å²) in [6.07, 6.45) is 5.01. The molecule has 1 aliphatic carbocycles. The molecule has 2 saturated heterocycles. The molecule has 5 aromatic rings. The number of carbonyl (C=O) groups excluding carboxylic acids is 1. The molecule has 2 aliphatic heterocycles. The van der Waals surface area contributed by atoms with E-state index in [2.05, 4.69) is 36.9 Å². The summed E-state index contributed by atoms with van der Waals surface area (Å²) in [5.74, 6) is 0.901. The zero-order chi connectivity index (χ0) is 35.6. The van der Waals surface area contributed by atoms with Crippen LogP contribution in [0.5, 0.6) is 5.88 Å². The van der Waals surface area contributed by atoms with Crippen molar-refractivity contribution >= 4 is 40.2 Å². The predicted molar refractivity (Wildman–Crippen MR) is 196 cm³/mol. The number of pyridine rings is 1. The number of halogens is 1. The fourth-order valence-electron chi connectivity index (χ4n) is 8.10. The minimum Gasteiger partial charge on any atom is -0.481 e. The normalized spacial score (nSPS) is 20.0. The summed E-state index contributed by atoms with van der Waals surface area (Å²) in [7, 11) is 4.67. The maximum absolute atomic E-state index is 13.2. The molecule has 3 aliphatic rings. The van der Waals surface area contributed by atoms with Crippen LogP contribution in [0.25, 0.3) is 33.4 Å². The van der Waals surface area contributed by atoms with Gasteiger partial charge in [-0.05, 0) is 61.4 Å². The number of fused-ring (bicyclic) bond motifs is 2. The molecule has 2 amide bonds. The fourth-order valence-corrected chi connectivity index (χ4v) is 8.43. The Morgan fingerprint density at radius 3 is 2.61 bits per heavy atom. The highest BCUT2D eigenvalue weighted by Crippen LogP contribution is 2.46. The summed E-state index contributed by atoms with van der Waals surface area (Å²) in [4.78, 5) is 53.9. The third-order valence-corrected chi connectivity index (χ3v) is 11.2. The van der Waals surface area contributed by atoms with Crippen LogP contribution < -0.4 is 31.9 Å². The molecule has 262 valence electrons. The van der Waals surface area contributed by atoms with E-state index < -0.39 is 11.2 Å². The highest BCUT2D eigenvalue weighted by Gasteiger charge is 2.45. The van der Waals surface area contributed by atoms with E-state index in [4.69, 9.17) is 21.3 Å². The number of urea groups is 1. The monoisotopic (exact) mass is 707 g/mol. The van der Waals surface area contributed by atoms with E-state index in [-0.39, 0.29) is 28.6 Å². The lowest BCUT2D eigenvalue weighted by Gasteiger charge is -2.36. The van der Waals surface area contributed by atoms with E-state index in [1.165, 1.54) is 23.5 Å². The van der Waals surface area contributed by atoms with Crippen molar-refractivity contribution in [3.05, 3.63) is 91.3 Å². The molecule has 14 heteroatoms. The first-order chi connectivity index (χ1) is 24.6. The molecule has 0 saturated carbocycles. The molecule has 51 heavy (non-hydrogen) atoms. The van der Waals surface area contributed by atoms with Gasteiger partial charge in [0.25, 0.3) is 5.56 Å². The molecule has 0 bridgehead atoms. The second kappa shape index (κ2) is 12.5. The largest absolute Gasteiger partial charge is 0.481 e. The van der Waals surface area contributed by atoms with Gasteiger partial charge in [0.2, 0.25) is 5.88 Å². The second-order valence-corrected chi connectivity index (χ2v) is 14.1. The fraction of sp³-hybridized carbons (Fsp3) is 0.351. The van der Waals surface area contributed by atoms with E-state index in [1.54, 1.807) is 14.2 Å². The number of hydrogen-bond acceptors (Lipinski definition) is 9. The van der Waals surface area contributed by atoms with Gasteiger partial charge in [-0.2, -0.15) is 0 Å². The first-order valence-electron chi connectivity index (χ1n) is 17.0. The highest BCUT2D eigenvalue weighted by atomic mass is 35.5. The second-order valence-electron chi connectivity index (χ2n) is 13.7. The smallest absolute Gasteiger partial charge is 0.332 e. The topological polar surface area (TPSA) is 148 Å². The van der Waals surface area contributed by atoms with Gasteiger partial charge in [0.05, 0.1) is 23.4 Å². The Balaban J connectivity index is 1.12. The predicted octanol–water partition coefficient (Wildman–Crippen LogP) is 4.60. The Kier molecular flexibility index (Phi) is 8.06. The maximum Gasteiger partial charge on any atom is 0.332 e. The van der Waals surface area contributed by atoms with Gasteiger partial charge >= 0.3 is 11.7 Å². The summed E-state index contributed by atoms with van der Waals surface area (Å²) in [5.41, 5.74) is 6.28. The van der Waals surface area contributed by atoms with Crippen LogP contribution in [0.2, 0.25) is 5.02 Å². The number of amides is 2. The Hall–Kier alpha value is -5.27. The van der Waals surface area contributed by atoms with Crippen LogP contribution in [-0.4, -0.2) is 67.3 Å². The molecule has 3 aromatic heterocycles. The van der Waals surface area contributed by atoms with Gasteiger partial charge in [-0.1, -0.05) is 41.9 Å². The maximum atomic E-state index is 13.2. The molecule has 3 N–H and O–H groups in total. The number of likely N-dealkylation sites (tertiary alicyclic amines) is 1. The van der Waals surface area contributed by atoms with Crippen molar-refractivity contribution in [1.29, 1.82) is 0 Å². The van der Waals surface area contributed by atoms with Crippen molar-refractivity contribution in [2.24, 2.45) is 14.1 Å². The lowest BCUT2D eigenvalue weighted by molar-refractivity contribution is 0.187. The average molecular weight is 708 g/mol. The quantitative estimate of drug-likeness (QED) is 0.230. The number of ether oxygens (including phenoxy) is 1. The summed E-state index contributed by atoms with van der Waals surface area (Å²) >= 11 is 7.24. The van der Waals surface area contributed by atoms with Crippen LogP contribution in [0.3, 0.4) is 0 Å². The number of anilines is 2. The van der Waals surface area contributed by atoms with E-state index in [1.807, 2.05) is 43.3 Å². The summed E-state index contributed by atoms with van der Waals surface area (Å²) < 4.78 is 8.33. The zero-order valence-electron chi connectivity index (χ0n) is 28.8. The molecule has 8 rings (SSSR count). The van der Waals surface area contributed by atoms with Crippen molar-refractivity contribution in [2.45, 2.75) is 44.2 Å². The minimum atomic E-state index is -0.482. The number of benzene rings is 2. The van der Waals surface area contributed by atoms with Gasteiger partial charge in [-0.3, -0.25) is 18.8 Å². The third kappa shape index (κ3) is 5.42. The Morgan fingerprint density at radius 1 is 1.02 bits per heavy atom. The number of hydrogen-bond donors (Lipinski definition) is 3. The number of aromatic nitrogens is 5. The lowest BCUT2D eigenvalue weighted by atomic mass is 9.93. The molecule has 2 aromatic carbocycles. The molecule has 5 heterocycles. The molecular weight excluding hydrogens is 670 g/mol. The Morgan fingerprint density at radius 2 is 1.80 bits per heavy atom. The molecule has 0 radical (unpaired) electrons.